The lowest BCUT2D eigenvalue weighted by molar-refractivity contribution is -0.137. The fourth-order valence-corrected chi connectivity index (χ4v) is 3.68. The van der Waals surface area contributed by atoms with Crippen molar-refractivity contribution in [3.8, 4) is 11.4 Å². The van der Waals surface area contributed by atoms with Crippen LogP contribution in [-0.2, 0) is 4.79 Å². The molecule has 6 heteroatoms. The van der Waals surface area contributed by atoms with E-state index in [1.54, 1.807) is 12.1 Å². The van der Waals surface area contributed by atoms with Crippen LogP contribution in [0.2, 0.25) is 0 Å². The van der Waals surface area contributed by atoms with Crippen molar-refractivity contribution in [3.05, 3.63) is 36.0 Å². The molecule has 1 aromatic carbocycles. The fraction of sp³-hybridized carbons (Fsp3) is 0.571. The summed E-state index contributed by atoms with van der Waals surface area (Å²) in [6.45, 7) is 5.73. The van der Waals surface area contributed by atoms with E-state index < -0.39 is 0 Å². The Bertz CT molecular complexity index is 736. The largest absolute Gasteiger partial charge is 0.342 e. The summed E-state index contributed by atoms with van der Waals surface area (Å²) in [5.41, 5.74) is 0.737. The zero-order valence-electron chi connectivity index (χ0n) is 16.2. The third kappa shape index (κ3) is 4.73. The molecule has 1 saturated heterocycles. The van der Waals surface area contributed by atoms with Gasteiger partial charge in [-0.1, -0.05) is 31.8 Å². The minimum atomic E-state index is -0.288. The highest BCUT2D eigenvalue weighted by atomic mass is 19.1. The Morgan fingerprint density at radius 3 is 2.59 bits per heavy atom. The number of likely N-dealkylation sites (tertiary alicyclic amines) is 1. The third-order valence-electron chi connectivity index (χ3n) is 5.45. The molecule has 5 nitrogen and oxygen atoms in total. The number of piperidine rings is 1. The number of hydrogen-bond donors (Lipinski definition) is 0. The molecule has 1 amide bonds. The van der Waals surface area contributed by atoms with E-state index >= 15 is 0 Å². The van der Waals surface area contributed by atoms with Crippen LogP contribution in [0.15, 0.2) is 28.8 Å². The average molecular weight is 373 g/mol. The molecule has 0 bridgehead atoms. The minimum Gasteiger partial charge on any atom is -0.342 e. The number of amides is 1. The molecule has 0 N–H and O–H groups in total. The lowest BCUT2D eigenvalue weighted by Crippen LogP contribution is -2.41. The van der Waals surface area contributed by atoms with Gasteiger partial charge in [0.2, 0.25) is 17.6 Å². The van der Waals surface area contributed by atoms with Crippen LogP contribution in [0, 0.1) is 11.7 Å². The molecule has 27 heavy (non-hydrogen) atoms. The molecule has 0 aliphatic carbocycles. The third-order valence-corrected chi connectivity index (χ3v) is 5.45. The summed E-state index contributed by atoms with van der Waals surface area (Å²) in [7, 11) is 0. The summed E-state index contributed by atoms with van der Waals surface area (Å²) < 4.78 is 18.5. The topological polar surface area (TPSA) is 59.2 Å². The summed E-state index contributed by atoms with van der Waals surface area (Å²) in [6.07, 6.45) is 5.79. The predicted octanol–water partition coefficient (Wildman–Crippen LogP) is 4.80. The first-order valence-electron chi connectivity index (χ1n) is 10.0. The molecule has 0 spiro atoms. The Labute approximate surface area is 159 Å². The van der Waals surface area contributed by atoms with Gasteiger partial charge in [-0.25, -0.2) is 4.39 Å². The first-order valence-corrected chi connectivity index (χ1v) is 10.0. The first-order chi connectivity index (χ1) is 13.1. The maximum Gasteiger partial charge on any atom is 0.230 e. The number of nitrogens with zero attached hydrogens (tertiary/aromatic N) is 3. The zero-order chi connectivity index (χ0) is 19.2. The first kappa shape index (κ1) is 19.5. The van der Waals surface area contributed by atoms with Gasteiger partial charge in [0.05, 0.1) is 0 Å². The monoisotopic (exact) mass is 373 g/mol. The molecule has 0 saturated carbocycles. The number of carbonyl (C=O) groups is 1. The molecule has 2 aromatic rings. The summed E-state index contributed by atoms with van der Waals surface area (Å²) in [5.74, 6) is 1.42. The maximum atomic E-state index is 13.1. The van der Waals surface area contributed by atoms with Crippen molar-refractivity contribution in [1.82, 2.24) is 15.0 Å². The smallest absolute Gasteiger partial charge is 0.230 e. The van der Waals surface area contributed by atoms with E-state index in [4.69, 9.17) is 4.52 Å². The highest BCUT2D eigenvalue weighted by Gasteiger charge is 2.30. The number of unbranched alkanes of at least 4 members (excludes halogenated alkanes) is 1. The second-order valence-electron chi connectivity index (χ2n) is 7.31. The Morgan fingerprint density at radius 2 is 1.96 bits per heavy atom. The minimum absolute atomic E-state index is 0.148. The van der Waals surface area contributed by atoms with Crippen LogP contribution in [0.3, 0.4) is 0 Å². The molecule has 1 atom stereocenters. The van der Waals surface area contributed by atoms with Crippen LogP contribution < -0.4 is 0 Å². The molecule has 146 valence electrons. The quantitative estimate of drug-likeness (QED) is 0.699. The van der Waals surface area contributed by atoms with Crippen LogP contribution in [0.4, 0.5) is 4.39 Å². The Balaban J connectivity index is 1.58. The van der Waals surface area contributed by atoms with Gasteiger partial charge < -0.3 is 9.42 Å². The second-order valence-corrected chi connectivity index (χ2v) is 7.31. The standard InChI is InChI=1S/C21H28FN3O2/c1-3-5-6-15(4-2)21(26)25-13-11-17(12-14-25)20-23-19(24-27-20)16-7-9-18(22)10-8-16/h7-10,15,17H,3-6,11-14H2,1-2H3/t15-/m1/s1. The van der Waals surface area contributed by atoms with Crippen molar-refractivity contribution in [1.29, 1.82) is 0 Å². The van der Waals surface area contributed by atoms with Crippen molar-refractivity contribution in [2.45, 2.75) is 58.3 Å². The number of carbonyl (C=O) groups excluding carboxylic acids is 1. The van der Waals surface area contributed by atoms with E-state index in [9.17, 15) is 9.18 Å². The van der Waals surface area contributed by atoms with Crippen molar-refractivity contribution >= 4 is 5.91 Å². The number of halogens is 1. The molecule has 1 aliphatic rings. The highest BCUT2D eigenvalue weighted by Crippen LogP contribution is 2.30. The van der Waals surface area contributed by atoms with Crippen molar-refractivity contribution < 1.29 is 13.7 Å². The lowest BCUT2D eigenvalue weighted by atomic mass is 9.93. The van der Waals surface area contributed by atoms with E-state index in [1.807, 2.05) is 4.90 Å². The average Bonchev–Trinajstić information content (AvgIpc) is 3.19. The van der Waals surface area contributed by atoms with E-state index in [2.05, 4.69) is 24.0 Å². The summed E-state index contributed by atoms with van der Waals surface area (Å²) in [5, 5.41) is 4.03. The van der Waals surface area contributed by atoms with Crippen LogP contribution in [0.25, 0.3) is 11.4 Å². The highest BCUT2D eigenvalue weighted by molar-refractivity contribution is 5.78. The SMILES string of the molecule is CCCC[C@@H](CC)C(=O)N1CCC(c2nc(-c3ccc(F)cc3)no2)CC1. The van der Waals surface area contributed by atoms with Crippen LogP contribution in [-0.4, -0.2) is 34.0 Å². The van der Waals surface area contributed by atoms with Gasteiger partial charge in [-0.2, -0.15) is 4.98 Å². The zero-order valence-corrected chi connectivity index (χ0v) is 16.2. The van der Waals surface area contributed by atoms with E-state index in [0.29, 0.717) is 17.6 Å². The summed E-state index contributed by atoms with van der Waals surface area (Å²) in [4.78, 5) is 19.2. The van der Waals surface area contributed by atoms with Gasteiger partial charge in [-0.15, -0.1) is 0 Å². The molecule has 0 unspecified atom stereocenters. The number of aromatic nitrogens is 2. The summed E-state index contributed by atoms with van der Waals surface area (Å²) in [6, 6.07) is 6.06. The van der Waals surface area contributed by atoms with Gasteiger partial charge in [0, 0.05) is 30.5 Å². The summed E-state index contributed by atoms with van der Waals surface area (Å²) >= 11 is 0. The van der Waals surface area contributed by atoms with Gasteiger partial charge in [0.25, 0.3) is 0 Å². The Kier molecular flexibility index (Phi) is 6.58. The maximum absolute atomic E-state index is 13.1. The van der Waals surface area contributed by atoms with E-state index in [1.165, 1.54) is 12.1 Å². The second kappa shape index (κ2) is 9.11. The molecular formula is C21H28FN3O2. The predicted molar refractivity (Wildman–Crippen MR) is 102 cm³/mol. The van der Waals surface area contributed by atoms with E-state index in [0.717, 1.165) is 57.2 Å². The number of hydrogen-bond acceptors (Lipinski definition) is 4. The van der Waals surface area contributed by atoms with Gasteiger partial charge in [0.15, 0.2) is 0 Å². The van der Waals surface area contributed by atoms with Crippen molar-refractivity contribution in [2.24, 2.45) is 5.92 Å². The fourth-order valence-electron chi connectivity index (χ4n) is 3.68. The van der Waals surface area contributed by atoms with Gasteiger partial charge >= 0.3 is 0 Å². The van der Waals surface area contributed by atoms with Crippen LogP contribution >= 0.6 is 0 Å². The molecule has 2 heterocycles. The molecule has 1 aromatic heterocycles. The van der Waals surface area contributed by atoms with Crippen molar-refractivity contribution in [2.75, 3.05) is 13.1 Å². The molecule has 1 fully saturated rings. The Hall–Kier alpha value is -2.24. The van der Waals surface area contributed by atoms with Crippen molar-refractivity contribution in [3.63, 3.8) is 0 Å². The lowest BCUT2D eigenvalue weighted by Gasteiger charge is -2.33. The van der Waals surface area contributed by atoms with Gasteiger partial charge in [-0.05, 0) is 49.9 Å². The molecular weight excluding hydrogens is 345 g/mol. The van der Waals surface area contributed by atoms with Gasteiger partial charge in [-0.3, -0.25) is 4.79 Å². The van der Waals surface area contributed by atoms with Gasteiger partial charge in [0.1, 0.15) is 5.82 Å². The molecule has 0 radical (unpaired) electrons. The normalized spacial score (nSPS) is 16.5. The Morgan fingerprint density at radius 1 is 1.26 bits per heavy atom. The number of rotatable bonds is 7. The van der Waals surface area contributed by atoms with Crippen LogP contribution in [0.1, 0.15) is 64.2 Å². The molecule has 1 aliphatic heterocycles. The number of benzene rings is 1. The van der Waals surface area contributed by atoms with Crippen LogP contribution in [0.5, 0.6) is 0 Å². The molecule has 3 rings (SSSR count). The van der Waals surface area contributed by atoms with E-state index in [-0.39, 0.29) is 17.7 Å².